The van der Waals surface area contributed by atoms with Crippen molar-refractivity contribution in [3.05, 3.63) is 29.8 Å². The highest BCUT2D eigenvalue weighted by molar-refractivity contribution is 5.94. The molecule has 1 amide bonds. The highest BCUT2D eigenvalue weighted by atomic mass is 16.5. The summed E-state index contributed by atoms with van der Waals surface area (Å²) in [6, 6.07) is 6.77. The molecule has 1 saturated heterocycles. The van der Waals surface area contributed by atoms with Crippen molar-refractivity contribution in [3.8, 4) is 5.75 Å². The summed E-state index contributed by atoms with van der Waals surface area (Å²) in [5.41, 5.74) is 0.629. The zero-order valence-electron chi connectivity index (χ0n) is 13.0. The summed E-state index contributed by atoms with van der Waals surface area (Å²) < 4.78 is 11.0. The van der Waals surface area contributed by atoms with Crippen LogP contribution >= 0.6 is 0 Å². The van der Waals surface area contributed by atoms with E-state index in [4.69, 9.17) is 9.47 Å². The number of amides is 1. The molecule has 1 aromatic rings. The maximum absolute atomic E-state index is 11.7. The van der Waals surface area contributed by atoms with E-state index in [9.17, 15) is 9.59 Å². The zero-order chi connectivity index (χ0) is 15.8. The van der Waals surface area contributed by atoms with E-state index >= 15 is 0 Å². The molecule has 0 radical (unpaired) electrons. The van der Waals surface area contributed by atoms with Gasteiger partial charge in [0, 0.05) is 18.7 Å². The molecule has 1 heterocycles. The molecule has 1 aliphatic rings. The van der Waals surface area contributed by atoms with Gasteiger partial charge in [0.05, 0.1) is 6.10 Å². The van der Waals surface area contributed by atoms with Crippen molar-refractivity contribution < 1.29 is 19.1 Å². The molecule has 0 saturated carbocycles. The van der Waals surface area contributed by atoms with Crippen molar-refractivity contribution in [2.75, 3.05) is 19.8 Å². The van der Waals surface area contributed by atoms with Crippen LogP contribution in [-0.4, -0.2) is 37.6 Å². The summed E-state index contributed by atoms with van der Waals surface area (Å²) in [6.07, 6.45) is 4.54. The Kier molecular flexibility index (Phi) is 6.40. The number of benzene rings is 1. The lowest BCUT2D eigenvalue weighted by Crippen LogP contribution is -2.32. The first-order chi connectivity index (χ1) is 10.6. The van der Waals surface area contributed by atoms with E-state index in [0.29, 0.717) is 17.9 Å². The van der Waals surface area contributed by atoms with Crippen LogP contribution in [0.5, 0.6) is 5.75 Å². The van der Waals surface area contributed by atoms with Crippen LogP contribution in [0.2, 0.25) is 0 Å². The van der Waals surface area contributed by atoms with Crippen molar-refractivity contribution in [2.24, 2.45) is 0 Å². The minimum absolute atomic E-state index is 0.00854. The van der Waals surface area contributed by atoms with E-state index in [0.717, 1.165) is 25.9 Å². The summed E-state index contributed by atoms with van der Waals surface area (Å²) in [7, 11) is 0. The number of ketones is 1. The van der Waals surface area contributed by atoms with Gasteiger partial charge >= 0.3 is 0 Å². The standard InChI is InChI=1S/C17H23NO4/c1-13(19)14-5-7-16(8-6-14)22-12-17(20)18-10-9-15-4-2-3-11-21-15/h5-8,15H,2-4,9-12H2,1H3,(H,18,20)/t15-/m1/s1. The molecule has 5 heteroatoms. The Balaban J connectivity index is 1.63. The molecule has 0 aromatic heterocycles. The second-order valence-electron chi connectivity index (χ2n) is 5.50. The van der Waals surface area contributed by atoms with Crippen molar-refractivity contribution >= 4 is 11.7 Å². The molecular weight excluding hydrogens is 282 g/mol. The van der Waals surface area contributed by atoms with Crippen LogP contribution in [0.1, 0.15) is 43.0 Å². The molecule has 2 rings (SSSR count). The highest BCUT2D eigenvalue weighted by Gasteiger charge is 2.13. The Hall–Kier alpha value is -1.88. The Labute approximate surface area is 131 Å². The largest absolute Gasteiger partial charge is 0.484 e. The second kappa shape index (κ2) is 8.54. The van der Waals surface area contributed by atoms with Crippen LogP contribution < -0.4 is 10.1 Å². The van der Waals surface area contributed by atoms with Gasteiger partial charge in [-0.3, -0.25) is 9.59 Å². The summed E-state index contributed by atoms with van der Waals surface area (Å²) >= 11 is 0. The van der Waals surface area contributed by atoms with Gasteiger partial charge in [0.25, 0.3) is 5.91 Å². The number of rotatable bonds is 7. The average Bonchev–Trinajstić information content (AvgIpc) is 2.54. The predicted octanol–water partition coefficient (Wildman–Crippen LogP) is 2.34. The number of Topliss-reactive ketones (excluding diaryl/α,β-unsaturated/α-hetero) is 1. The lowest BCUT2D eigenvalue weighted by atomic mass is 10.1. The molecule has 0 bridgehead atoms. The average molecular weight is 305 g/mol. The quantitative estimate of drug-likeness (QED) is 0.785. The molecular formula is C17H23NO4. The molecule has 1 aromatic carbocycles. The number of carbonyl (C=O) groups excluding carboxylic acids is 2. The third-order valence-electron chi connectivity index (χ3n) is 3.69. The minimum Gasteiger partial charge on any atom is -0.484 e. The minimum atomic E-state index is -0.147. The topological polar surface area (TPSA) is 64.6 Å². The van der Waals surface area contributed by atoms with Gasteiger partial charge in [0.2, 0.25) is 0 Å². The Morgan fingerprint density at radius 1 is 1.27 bits per heavy atom. The van der Waals surface area contributed by atoms with E-state index in [1.165, 1.54) is 13.3 Å². The fourth-order valence-electron chi connectivity index (χ4n) is 2.39. The number of nitrogens with one attached hydrogen (secondary N) is 1. The first kappa shape index (κ1) is 16.5. The van der Waals surface area contributed by atoms with Crippen molar-refractivity contribution in [3.63, 3.8) is 0 Å². The number of ether oxygens (including phenoxy) is 2. The third kappa shape index (κ3) is 5.48. The van der Waals surface area contributed by atoms with Gasteiger partial charge in [0.1, 0.15) is 5.75 Å². The van der Waals surface area contributed by atoms with Gasteiger partial charge in [-0.05, 0) is 56.9 Å². The molecule has 1 N–H and O–H groups in total. The smallest absolute Gasteiger partial charge is 0.257 e. The number of carbonyl (C=O) groups is 2. The van der Waals surface area contributed by atoms with Crippen LogP contribution in [0.15, 0.2) is 24.3 Å². The molecule has 120 valence electrons. The Bertz CT molecular complexity index is 492. The van der Waals surface area contributed by atoms with E-state index in [1.54, 1.807) is 24.3 Å². The fraction of sp³-hybridized carbons (Fsp3) is 0.529. The van der Waals surface area contributed by atoms with Crippen LogP contribution in [0.25, 0.3) is 0 Å². The lowest BCUT2D eigenvalue weighted by molar-refractivity contribution is -0.123. The van der Waals surface area contributed by atoms with Crippen LogP contribution in [0.4, 0.5) is 0 Å². The van der Waals surface area contributed by atoms with E-state index < -0.39 is 0 Å². The monoisotopic (exact) mass is 305 g/mol. The highest BCUT2D eigenvalue weighted by Crippen LogP contribution is 2.15. The van der Waals surface area contributed by atoms with Gasteiger partial charge in [0.15, 0.2) is 12.4 Å². The summed E-state index contributed by atoms with van der Waals surface area (Å²) in [4.78, 5) is 22.9. The third-order valence-corrected chi connectivity index (χ3v) is 3.69. The lowest BCUT2D eigenvalue weighted by Gasteiger charge is -2.22. The van der Waals surface area contributed by atoms with Crippen molar-refractivity contribution in [1.29, 1.82) is 0 Å². The number of hydrogen-bond donors (Lipinski definition) is 1. The maximum Gasteiger partial charge on any atom is 0.257 e. The summed E-state index contributed by atoms with van der Waals surface area (Å²) in [5.74, 6) is 0.441. The van der Waals surface area contributed by atoms with Crippen molar-refractivity contribution in [1.82, 2.24) is 5.32 Å². The van der Waals surface area contributed by atoms with E-state index in [2.05, 4.69) is 5.32 Å². The zero-order valence-corrected chi connectivity index (χ0v) is 13.0. The fourth-order valence-corrected chi connectivity index (χ4v) is 2.39. The number of hydrogen-bond acceptors (Lipinski definition) is 4. The Morgan fingerprint density at radius 3 is 2.68 bits per heavy atom. The van der Waals surface area contributed by atoms with Gasteiger partial charge in [-0.15, -0.1) is 0 Å². The normalized spacial score (nSPS) is 17.8. The Morgan fingerprint density at radius 2 is 2.05 bits per heavy atom. The van der Waals surface area contributed by atoms with Crippen LogP contribution in [0.3, 0.4) is 0 Å². The van der Waals surface area contributed by atoms with E-state index in [1.807, 2.05) is 0 Å². The van der Waals surface area contributed by atoms with Crippen LogP contribution in [-0.2, 0) is 9.53 Å². The SMILES string of the molecule is CC(=O)c1ccc(OCC(=O)NCC[C@H]2CCCCO2)cc1. The van der Waals surface area contributed by atoms with Gasteiger partial charge in [-0.25, -0.2) is 0 Å². The van der Waals surface area contributed by atoms with Gasteiger partial charge < -0.3 is 14.8 Å². The molecule has 1 fully saturated rings. The predicted molar refractivity (Wildman–Crippen MR) is 83.2 cm³/mol. The molecule has 5 nitrogen and oxygen atoms in total. The molecule has 1 atom stereocenters. The summed E-state index contributed by atoms with van der Waals surface area (Å²) in [6.45, 7) is 2.93. The van der Waals surface area contributed by atoms with Gasteiger partial charge in [-0.2, -0.15) is 0 Å². The molecule has 0 aliphatic carbocycles. The molecule has 0 spiro atoms. The summed E-state index contributed by atoms with van der Waals surface area (Å²) in [5, 5.41) is 2.83. The van der Waals surface area contributed by atoms with Crippen LogP contribution in [0, 0.1) is 0 Å². The van der Waals surface area contributed by atoms with E-state index in [-0.39, 0.29) is 24.4 Å². The van der Waals surface area contributed by atoms with Gasteiger partial charge in [-0.1, -0.05) is 0 Å². The molecule has 0 unspecified atom stereocenters. The molecule has 22 heavy (non-hydrogen) atoms. The molecule has 1 aliphatic heterocycles. The second-order valence-corrected chi connectivity index (χ2v) is 5.50. The first-order valence-corrected chi connectivity index (χ1v) is 7.77. The maximum atomic E-state index is 11.7. The van der Waals surface area contributed by atoms with Crippen molar-refractivity contribution in [2.45, 2.75) is 38.7 Å². The first-order valence-electron chi connectivity index (χ1n) is 7.77.